The number of halogens is 2. The van der Waals surface area contributed by atoms with Crippen LogP contribution in [-0.4, -0.2) is 40.6 Å². The molecule has 306 valence electrons. The van der Waals surface area contributed by atoms with Gasteiger partial charge in [0, 0.05) is 92.1 Å². The Morgan fingerprint density at radius 1 is 0.639 bits per heavy atom. The summed E-state index contributed by atoms with van der Waals surface area (Å²) < 4.78 is 7.00. The summed E-state index contributed by atoms with van der Waals surface area (Å²) in [5, 5.41) is 12.6. The number of phenols is 1. The fourth-order valence-electron chi connectivity index (χ4n) is 7.62. The third-order valence-electron chi connectivity index (χ3n) is 10.5. The number of aromatic nitrogens is 4. The van der Waals surface area contributed by atoms with Crippen LogP contribution < -0.4 is 5.43 Å². The average Bonchev–Trinajstić information content (AvgIpc) is 3.27. The molecule has 0 saturated heterocycles. The first kappa shape index (κ1) is 41.4. The number of carbonyl (C=O) groups is 1. The fraction of sp³-hybridized carbons (Fsp3) is 0.184. The number of carbonyl (C=O) groups excluding carboxylic acids is 1. The van der Waals surface area contributed by atoms with Gasteiger partial charge in [0.15, 0.2) is 5.78 Å². The Morgan fingerprint density at radius 2 is 1.15 bits per heavy atom. The molecule has 0 saturated carbocycles. The van der Waals surface area contributed by atoms with Crippen LogP contribution in [0.4, 0.5) is 0 Å². The van der Waals surface area contributed by atoms with Crippen molar-refractivity contribution in [1.29, 1.82) is 0 Å². The molecule has 0 fully saturated rings. The van der Waals surface area contributed by atoms with Gasteiger partial charge >= 0.3 is 0 Å². The lowest BCUT2D eigenvalue weighted by molar-refractivity contribution is 0.0939. The summed E-state index contributed by atoms with van der Waals surface area (Å²) >= 11 is 13.9. The topological polar surface area (TPSA) is 126 Å². The summed E-state index contributed by atoms with van der Waals surface area (Å²) in [5.41, 5.74) is 6.26. The fourth-order valence-corrected chi connectivity index (χ4v) is 8.07. The number of ketones is 1. The smallest absolute Gasteiger partial charge is 0.205 e. The predicted octanol–water partition coefficient (Wildman–Crippen LogP) is 10.4. The van der Waals surface area contributed by atoms with Gasteiger partial charge in [0.25, 0.3) is 0 Å². The molecule has 4 aromatic heterocycles. The van der Waals surface area contributed by atoms with Crippen LogP contribution in [0.2, 0.25) is 10.0 Å². The second-order valence-electron chi connectivity index (χ2n) is 15.3. The van der Waals surface area contributed by atoms with Crippen LogP contribution in [0.1, 0.15) is 58.1 Å². The van der Waals surface area contributed by atoms with Gasteiger partial charge in [-0.3, -0.25) is 39.3 Å². The van der Waals surface area contributed by atoms with Crippen molar-refractivity contribution in [3.05, 3.63) is 194 Å². The Kier molecular flexibility index (Phi) is 12.6. The maximum absolute atomic E-state index is 14.4. The van der Waals surface area contributed by atoms with Gasteiger partial charge < -0.3 is 9.52 Å². The Labute approximate surface area is 363 Å². The van der Waals surface area contributed by atoms with E-state index in [4.69, 9.17) is 27.6 Å². The molecule has 0 unspecified atom stereocenters. The Bertz CT molecular complexity index is 2740. The van der Waals surface area contributed by atoms with E-state index < -0.39 is 5.43 Å². The Hall–Kier alpha value is -6.30. The van der Waals surface area contributed by atoms with Crippen LogP contribution in [-0.2, 0) is 39.3 Å². The van der Waals surface area contributed by atoms with Crippen LogP contribution in [0, 0.1) is 5.92 Å². The summed E-state index contributed by atoms with van der Waals surface area (Å²) in [6.07, 6.45) is 6.95. The van der Waals surface area contributed by atoms with Crippen molar-refractivity contribution in [2.45, 2.75) is 53.1 Å². The molecule has 1 aliphatic heterocycles. The standard InChI is InChI=1S/C49H42Cl2N6O4/c1-31(2)45(58)33-13-11-12-32(22-33)44-38-23-42(50)46(59)40(29-56(25-34-14-3-7-18-52-34)26-35-15-4-8-19-53-35)48(38)61-49-39(44)24-43(51)47(60)41(49)30-57(27-36-16-5-9-20-54-36)28-37-17-6-10-21-55-37/h3-24,31,59H,25-30H2,1-2H3. The number of aromatic hydroxyl groups is 1. The number of phenolic OH excluding ortho intramolecular Hbond substituents is 1. The molecule has 0 amide bonds. The summed E-state index contributed by atoms with van der Waals surface area (Å²) in [6.45, 7) is 5.60. The van der Waals surface area contributed by atoms with E-state index in [1.54, 1.807) is 43.0 Å². The molecule has 8 rings (SSSR count). The van der Waals surface area contributed by atoms with E-state index in [1.165, 1.54) is 0 Å². The van der Waals surface area contributed by atoms with Crippen molar-refractivity contribution >= 4 is 40.0 Å². The zero-order valence-corrected chi connectivity index (χ0v) is 35.1. The second-order valence-corrected chi connectivity index (χ2v) is 16.1. The van der Waals surface area contributed by atoms with Crippen LogP contribution in [0.15, 0.2) is 143 Å². The van der Waals surface area contributed by atoms with Gasteiger partial charge in [0.05, 0.1) is 43.9 Å². The summed E-state index contributed by atoms with van der Waals surface area (Å²) in [7, 11) is 0. The highest BCUT2D eigenvalue weighted by molar-refractivity contribution is 6.33. The van der Waals surface area contributed by atoms with Gasteiger partial charge in [-0.1, -0.05) is 79.5 Å². The number of benzene rings is 3. The highest BCUT2D eigenvalue weighted by Crippen LogP contribution is 2.47. The summed E-state index contributed by atoms with van der Waals surface area (Å²) in [6, 6.07) is 33.6. The zero-order valence-electron chi connectivity index (χ0n) is 33.6. The quantitative estimate of drug-likeness (QED) is 0.0787. The molecule has 2 aliphatic rings. The SMILES string of the molecule is CC(C)C(=O)c1cccc(-c2c3cc(Cl)c(=O)c(CN(Cc4ccccn4)Cc4ccccn4)c-3oc3c(CN(Cc4ccccn4)Cc4ccccn4)c(O)c(Cl)cc23)c1. The largest absolute Gasteiger partial charge is 0.506 e. The number of Topliss-reactive ketones (excluding diaryl/α,β-unsaturated/α-hetero) is 1. The lowest BCUT2D eigenvalue weighted by atomic mass is 9.89. The van der Waals surface area contributed by atoms with E-state index in [0.717, 1.165) is 22.8 Å². The molecule has 5 heterocycles. The second kappa shape index (κ2) is 18.5. The Morgan fingerprint density at radius 3 is 1.62 bits per heavy atom. The van der Waals surface area contributed by atoms with Crippen LogP contribution in [0.3, 0.4) is 0 Å². The number of fused-ring (bicyclic) bond motifs is 2. The zero-order chi connectivity index (χ0) is 42.5. The van der Waals surface area contributed by atoms with E-state index in [-0.39, 0.29) is 46.3 Å². The van der Waals surface area contributed by atoms with Gasteiger partial charge in [-0.05, 0) is 72.3 Å². The molecule has 0 atom stereocenters. The van der Waals surface area contributed by atoms with Gasteiger partial charge in [-0.25, -0.2) is 0 Å². The van der Waals surface area contributed by atoms with Gasteiger partial charge in [-0.15, -0.1) is 0 Å². The third kappa shape index (κ3) is 9.38. The molecule has 1 N–H and O–H groups in total. The molecule has 0 radical (unpaired) electrons. The maximum Gasteiger partial charge on any atom is 0.205 e. The first-order valence-corrected chi connectivity index (χ1v) is 20.7. The van der Waals surface area contributed by atoms with E-state index in [9.17, 15) is 14.7 Å². The summed E-state index contributed by atoms with van der Waals surface area (Å²) in [4.78, 5) is 50.4. The molecule has 0 bridgehead atoms. The minimum absolute atomic E-state index is 0.00493. The summed E-state index contributed by atoms with van der Waals surface area (Å²) in [5.74, 6) is -0.144. The third-order valence-corrected chi connectivity index (χ3v) is 11.1. The van der Waals surface area contributed by atoms with E-state index in [0.29, 0.717) is 70.5 Å². The van der Waals surface area contributed by atoms with Gasteiger partial charge in [0.2, 0.25) is 5.43 Å². The molecule has 12 heteroatoms. The molecule has 0 spiro atoms. The van der Waals surface area contributed by atoms with Crippen molar-refractivity contribution < 1.29 is 14.3 Å². The highest BCUT2D eigenvalue weighted by Gasteiger charge is 2.29. The number of pyridine rings is 4. The van der Waals surface area contributed by atoms with Gasteiger partial charge in [0.1, 0.15) is 17.1 Å². The molecule has 10 nitrogen and oxygen atoms in total. The minimum atomic E-state index is -0.398. The molecular formula is C49H42Cl2N6O4. The monoisotopic (exact) mass is 848 g/mol. The first-order chi connectivity index (χ1) is 29.6. The average molecular weight is 850 g/mol. The lowest BCUT2D eigenvalue weighted by Gasteiger charge is -2.26. The van der Waals surface area contributed by atoms with E-state index in [1.807, 2.05) is 105 Å². The van der Waals surface area contributed by atoms with Crippen molar-refractivity contribution in [1.82, 2.24) is 29.7 Å². The normalized spacial score (nSPS) is 11.7. The van der Waals surface area contributed by atoms with Crippen LogP contribution >= 0.6 is 23.2 Å². The molecule has 1 aliphatic carbocycles. The van der Waals surface area contributed by atoms with Crippen molar-refractivity contribution in [2.75, 3.05) is 0 Å². The van der Waals surface area contributed by atoms with Crippen molar-refractivity contribution in [2.24, 2.45) is 5.92 Å². The van der Waals surface area contributed by atoms with E-state index in [2.05, 4.69) is 29.7 Å². The van der Waals surface area contributed by atoms with Crippen molar-refractivity contribution in [3.8, 4) is 28.2 Å². The first-order valence-electron chi connectivity index (χ1n) is 19.9. The molecule has 2 aromatic carbocycles. The number of rotatable bonds is 15. The molecule has 6 aromatic rings. The van der Waals surface area contributed by atoms with Crippen molar-refractivity contribution in [3.63, 3.8) is 0 Å². The van der Waals surface area contributed by atoms with Crippen LogP contribution in [0.25, 0.3) is 33.4 Å². The van der Waals surface area contributed by atoms with E-state index >= 15 is 0 Å². The predicted molar refractivity (Wildman–Crippen MR) is 238 cm³/mol. The Balaban J connectivity index is 1.37. The number of nitrogens with zero attached hydrogens (tertiary/aromatic N) is 6. The lowest BCUT2D eigenvalue weighted by Crippen LogP contribution is -2.27. The minimum Gasteiger partial charge on any atom is -0.506 e. The van der Waals surface area contributed by atoms with Gasteiger partial charge in [-0.2, -0.15) is 0 Å². The number of hydrogen-bond donors (Lipinski definition) is 1. The highest BCUT2D eigenvalue weighted by atomic mass is 35.5. The maximum atomic E-state index is 14.4. The number of hydrogen-bond acceptors (Lipinski definition) is 10. The van der Waals surface area contributed by atoms with Crippen LogP contribution in [0.5, 0.6) is 5.75 Å². The molecule has 61 heavy (non-hydrogen) atoms. The molecular weight excluding hydrogens is 807 g/mol.